The monoisotopic (exact) mass is 382 g/mol. The van der Waals surface area contributed by atoms with E-state index in [2.05, 4.69) is 10.3 Å². The van der Waals surface area contributed by atoms with Crippen LogP contribution in [0.25, 0.3) is 0 Å². The molecule has 0 aliphatic carbocycles. The number of rotatable bonds is 5. The third-order valence-corrected chi connectivity index (χ3v) is 4.92. The third kappa shape index (κ3) is 3.38. The lowest BCUT2D eigenvalue weighted by atomic mass is 9.93. The van der Waals surface area contributed by atoms with Gasteiger partial charge in [0.05, 0.1) is 16.5 Å². The van der Waals surface area contributed by atoms with Gasteiger partial charge in [0.2, 0.25) is 0 Å². The Bertz CT molecular complexity index is 995. The molecular weight excluding hydrogens is 367 g/mol. The number of benzene rings is 2. The first-order chi connectivity index (χ1) is 13.1. The molecule has 1 unspecified atom stereocenters. The minimum atomic E-state index is -0.658. The molecule has 1 aliphatic heterocycles. The van der Waals surface area contributed by atoms with E-state index >= 15 is 0 Å². The molecule has 1 N–H and O–H groups in total. The number of anilines is 1. The number of aromatic nitrogens is 1. The van der Waals surface area contributed by atoms with Gasteiger partial charge in [-0.25, -0.2) is 9.37 Å². The fraction of sp³-hybridized carbons (Fsp3) is 0.143. The van der Waals surface area contributed by atoms with Gasteiger partial charge in [0.15, 0.2) is 5.78 Å². The first-order valence-corrected chi connectivity index (χ1v) is 8.90. The Morgan fingerprint density at radius 3 is 2.81 bits per heavy atom. The van der Waals surface area contributed by atoms with Crippen LogP contribution in [0.2, 0.25) is 5.02 Å². The van der Waals surface area contributed by atoms with Gasteiger partial charge in [-0.1, -0.05) is 48.0 Å². The van der Waals surface area contributed by atoms with E-state index in [1.54, 1.807) is 12.3 Å². The average molecular weight is 383 g/mol. The zero-order valence-corrected chi connectivity index (χ0v) is 15.0. The highest BCUT2D eigenvalue weighted by Crippen LogP contribution is 2.37. The predicted molar refractivity (Wildman–Crippen MR) is 102 cm³/mol. The molecule has 0 radical (unpaired) electrons. The van der Waals surface area contributed by atoms with Crippen molar-refractivity contribution in [2.75, 3.05) is 11.9 Å². The maximum absolute atomic E-state index is 14.5. The standard InChI is InChI=1S/C21H16ClFN2O2/c22-19-17(27-12-13-5-2-1-3-6-13)9-8-16(23)18(19)20(26)15-11-25-21-14(15)7-4-10-24-21/h1-10,15H,11-12H2,(H,24,25). The van der Waals surface area contributed by atoms with Crippen molar-refractivity contribution in [3.05, 3.63) is 88.3 Å². The second-order valence-electron chi connectivity index (χ2n) is 6.25. The number of hydrogen-bond acceptors (Lipinski definition) is 4. The summed E-state index contributed by atoms with van der Waals surface area (Å²) in [6.45, 7) is 0.633. The lowest BCUT2D eigenvalue weighted by Gasteiger charge is -2.14. The fourth-order valence-corrected chi connectivity index (χ4v) is 3.47. The number of Topliss-reactive ketones (excluding diaryl/α,β-unsaturated/α-hetero) is 1. The lowest BCUT2D eigenvalue weighted by molar-refractivity contribution is 0.0962. The molecule has 0 spiro atoms. The Balaban J connectivity index is 1.62. The van der Waals surface area contributed by atoms with Crippen LogP contribution in [0.5, 0.6) is 5.75 Å². The van der Waals surface area contributed by atoms with Crippen LogP contribution < -0.4 is 10.1 Å². The summed E-state index contributed by atoms with van der Waals surface area (Å²) in [6.07, 6.45) is 1.64. The molecule has 0 saturated heterocycles. The van der Waals surface area contributed by atoms with Crippen LogP contribution in [-0.2, 0) is 6.61 Å². The summed E-state index contributed by atoms with van der Waals surface area (Å²) in [6, 6.07) is 15.8. The smallest absolute Gasteiger partial charge is 0.176 e. The second-order valence-corrected chi connectivity index (χ2v) is 6.63. The molecular formula is C21H16ClFN2O2. The van der Waals surface area contributed by atoms with Crippen molar-refractivity contribution >= 4 is 23.2 Å². The molecule has 6 heteroatoms. The Morgan fingerprint density at radius 1 is 1.19 bits per heavy atom. The number of ketones is 1. The molecule has 2 heterocycles. The Hall–Kier alpha value is -2.92. The summed E-state index contributed by atoms with van der Waals surface area (Å²) in [5.74, 6) is -0.659. The molecule has 1 aliphatic rings. The van der Waals surface area contributed by atoms with Gasteiger partial charge in [-0.3, -0.25) is 4.79 Å². The molecule has 3 aromatic rings. The van der Waals surface area contributed by atoms with E-state index in [-0.39, 0.29) is 28.7 Å². The van der Waals surface area contributed by atoms with Crippen molar-refractivity contribution in [1.82, 2.24) is 4.98 Å². The zero-order chi connectivity index (χ0) is 18.8. The van der Waals surface area contributed by atoms with Gasteiger partial charge in [-0.2, -0.15) is 0 Å². The fourth-order valence-electron chi connectivity index (χ4n) is 3.17. The molecule has 1 aromatic heterocycles. The third-order valence-electron chi connectivity index (χ3n) is 4.54. The Labute approximate surface area is 161 Å². The Kier molecular flexibility index (Phi) is 4.77. The first-order valence-electron chi connectivity index (χ1n) is 8.53. The van der Waals surface area contributed by atoms with Crippen LogP contribution in [0.15, 0.2) is 60.8 Å². The van der Waals surface area contributed by atoms with Crippen LogP contribution in [0.3, 0.4) is 0 Å². The number of halogens is 2. The van der Waals surface area contributed by atoms with Gasteiger partial charge in [0, 0.05) is 18.3 Å². The number of nitrogens with zero attached hydrogens (tertiary/aromatic N) is 1. The first kappa shape index (κ1) is 17.5. The molecule has 27 heavy (non-hydrogen) atoms. The van der Waals surface area contributed by atoms with Crippen molar-refractivity contribution in [3.63, 3.8) is 0 Å². The van der Waals surface area contributed by atoms with Gasteiger partial charge in [0.1, 0.15) is 24.0 Å². The van der Waals surface area contributed by atoms with Crippen LogP contribution in [0.4, 0.5) is 10.2 Å². The van der Waals surface area contributed by atoms with Crippen LogP contribution in [0, 0.1) is 5.82 Å². The Morgan fingerprint density at radius 2 is 2.00 bits per heavy atom. The highest BCUT2D eigenvalue weighted by Gasteiger charge is 2.33. The van der Waals surface area contributed by atoms with E-state index < -0.39 is 11.7 Å². The molecule has 0 fully saturated rings. The van der Waals surface area contributed by atoms with Crippen molar-refractivity contribution in [3.8, 4) is 5.75 Å². The summed E-state index contributed by atoms with van der Waals surface area (Å²) in [4.78, 5) is 17.2. The van der Waals surface area contributed by atoms with E-state index in [1.807, 2.05) is 36.4 Å². The summed E-state index contributed by atoms with van der Waals surface area (Å²) < 4.78 is 20.2. The number of hydrogen-bond donors (Lipinski definition) is 1. The second kappa shape index (κ2) is 7.37. The highest BCUT2D eigenvalue weighted by molar-refractivity contribution is 6.35. The maximum Gasteiger partial charge on any atom is 0.176 e. The van der Waals surface area contributed by atoms with Gasteiger partial charge in [-0.15, -0.1) is 0 Å². The predicted octanol–water partition coefficient (Wildman–Crippen LogP) is 4.85. The van der Waals surface area contributed by atoms with Crippen LogP contribution >= 0.6 is 11.6 Å². The number of carbonyl (C=O) groups excluding carboxylic acids is 1. The van der Waals surface area contributed by atoms with E-state index in [1.165, 1.54) is 12.1 Å². The van der Waals surface area contributed by atoms with E-state index in [4.69, 9.17) is 16.3 Å². The van der Waals surface area contributed by atoms with Gasteiger partial charge in [0.25, 0.3) is 0 Å². The molecule has 2 aromatic carbocycles. The molecule has 0 bridgehead atoms. The SMILES string of the molecule is O=C(c1c(F)ccc(OCc2ccccc2)c1Cl)C1CNc2ncccc21. The summed E-state index contributed by atoms with van der Waals surface area (Å²) >= 11 is 6.36. The van der Waals surface area contributed by atoms with Gasteiger partial charge in [-0.05, 0) is 23.8 Å². The minimum absolute atomic E-state index is 0.00623. The molecule has 4 nitrogen and oxygen atoms in total. The van der Waals surface area contributed by atoms with Crippen molar-refractivity contribution in [2.24, 2.45) is 0 Å². The van der Waals surface area contributed by atoms with E-state index in [9.17, 15) is 9.18 Å². The van der Waals surface area contributed by atoms with Crippen molar-refractivity contribution < 1.29 is 13.9 Å². The van der Waals surface area contributed by atoms with Gasteiger partial charge >= 0.3 is 0 Å². The molecule has 0 amide bonds. The van der Waals surface area contributed by atoms with Gasteiger partial charge < -0.3 is 10.1 Å². The normalized spacial score (nSPS) is 15.1. The molecule has 1 atom stereocenters. The summed E-state index contributed by atoms with van der Waals surface area (Å²) in [5.41, 5.74) is 1.55. The number of carbonyl (C=O) groups is 1. The number of pyridine rings is 1. The molecule has 0 saturated carbocycles. The maximum atomic E-state index is 14.5. The number of ether oxygens (including phenoxy) is 1. The van der Waals surface area contributed by atoms with Crippen LogP contribution in [-0.4, -0.2) is 17.3 Å². The largest absolute Gasteiger partial charge is 0.487 e. The quantitative estimate of drug-likeness (QED) is 0.641. The number of nitrogens with one attached hydrogen (secondary N) is 1. The van der Waals surface area contributed by atoms with Crippen molar-refractivity contribution in [2.45, 2.75) is 12.5 Å². The minimum Gasteiger partial charge on any atom is -0.487 e. The highest BCUT2D eigenvalue weighted by atomic mass is 35.5. The van der Waals surface area contributed by atoms with E-state index in [0.29, 0.717) is 12.4 Å². The van der Waals surface area contributed by atoms with Crippen LogP contribution in [0.1, 0.15) is 27.4 Å². The topological polar surface area (TPSA) is 51.2 Å². The lowest BCUT2D eigenvalue weighted by Crippen LogP contribution is -2.17. The summed E-state index contributed by atoms with van der Waals surface area (Å²) in [7, 11) is 0. The average Bonchev–Trinajstić information content (AvgIpc) is 3.12. The van der Waals surface area contributed by atoms with Crippen molar-refractivity contribution in [1.29, 1.82) is 0 Å². The summed E-state index contributed by atoms with van der Waals surface area (Å²) in [5, 5.41) is 3.07. The zero-order valence-electron chi connectivity index (χ0n) is 14.3. The number of fused-ring (bicyclic) bond motifs is 1. The molecule has 4 rings (SSSR count). The van der Waals surface area contributed by atoms with E-state index in [0.717, 1.165) is 11.1 Å². The molecule has 136 valence electrons.